The van der Waals surface area contributed by atoms with Crippen molar-refractivity contribution in [3.8, 4) is 0 Å². The van der Waals surface area contributed by atoms with Gasteiger partial charge in [0.1, 0.15) is 0 Å². The molecule has 0 rings (SSSR count). The van der Waals surface area contributed by atoms with E-state index in [1.807, 2.05) is 0 Å². The Bertz CT molecular complexity index is 112. The van der Waals surface area contributed by atoms with Gasteiger partial charge in [-0.15, -0.1) is 0 Å². The van der Waals surface area contributed by atoms with Gasteiger partial charge in [0.25, 0.3) is 0 Å². The number of rotatable bonds is 6. The lowest BCUT2D eigenvalue weighted by molar-refractivity contribution is 0.229. The molecule has 0 aromatic rings. The molecule has 0 heterocycles. The molecule has 0 atom stereocenters. The van der Waals surface area contributed by atoms with Crippen molar-refractivity contribution in [2.24, 2.45) is 5.41 Å². The van der Waals surface area contributed by atoms with E-state index in [1.165, 1.54) is 25.9 Å². The molecule has 0 aromatic carbocycles. The van der Waals surface area contributed by atoms with Crippen molar-refractivity contribution in [3.05, 3.63) is 0 Å². The highest BCUT2D eigenvalue weighted by atomic mass is 79.9. The van der Waals surface area contributed by atoms with Gasteiger partial charge in [-0.05, 0) is 25.4 Å². The third-order valence-corrected chi connectivity index (χ3v) is 3.47. The summed E-state index contributed by atoms with van der Waals surface area (Å²) in [6.07, 6.45) is 2.61. The molecule has 1 nitrogen and oxygen atoms in total. The van der Waals surface area contributed by atoms with Crippen LogP contribution in [0.1, 0.15) is 33.6 Å². The second kappa shape index (κ2) is 5.98. The zero-order chi connectivity index (χ0) is 9.61. The van der Waals surface area contributed by atoms with E-state index in [0.29, 0.717) is 5.41 Å². The molecule has 0 aliphatic heterocycles. The van der Waals surface area contributed by atoms with E-state index in [4.69, 9.17) is 0 Å². The van der Waals surface area contributed by atoms with E-state index >= 15 is 0 Å². The van der Waals surface area contributed by atoms with Gasteiger partial charge in [0, 0.05) is 11.9 Å². The van der Waals surface area contributed by atoms with E-state index in [1.54, 1.807) is 0 Å². The molecule has 0 spiro atoms. The van der Waals surface area contributed by atoms with Crippen LogP contribution in [-0.4, -0.2) is 30.4 Å². The molecule has 0 radical (unpaired) electrons. The Balaban J connectivity index is 3.60. The standard InChI is InChI=1S/C10H22BrN/c1-5-6-7-12(4)9-10(2,3)8-11/h5-9H2,1-4H3. The summed E-state index contributed by atoms with van der Waals surface area (Å²) in [6.45, 7) is 9.24. The highest BCUT2D eigenvalue weighted by Gasteiger charge is 2.17. The second-order valence-electron chi connectivity index (χ2n) is 4.39. The van der Waals surface area contributed by atoms with Gasteiger partial charge in [-0.3, -0.25) is 0 Å². The van der Waals surface area contributed by atoms with Crippen molar-refractivity contribution in [1.29, 1.82) is 0 Å². The lowest BCUT2D eigenvalue weighted by atomic mass is 9.96. The Morgan fingerprint density at radius 1 is 1.33 bits per heavy atom. The van der Waals surface area contributed by atoms with Gasteiger partial charge in [0.05, 0.1) is 0 Å². The van der Waals surface area contributed by atoms with E-state index in [2.05, 4.69) is 48.6 Å². The molecule has 0 saturated heterocycles. The molecular formula is C10H22BrN. The molecule has 0 amide bonds. The maximum absolute atomic E-state index is 3.54. The molecule has 2 heteroatoms. The first-order valence-electron chi connectivity index (χ1n) is 4.76. The summed E-state index contributed by atoms with van der Waals surface area (Å²) >= 11 is 3.54. The summed E-state index contributed by atoms with van der Waals surface area (Å²) < 4.78 is 0. The molecule has 0 bridgehead atoms. The minimum absolute atomic E-state index is 0.405. The second-order valence-corrected chi connectivity index (χ2v) is 4.95. The van der Waals surface area contributed by atoms with Gasteiger partial charge in [0.15, 0.2) is 0 Å². The van der Waals surface area contributed by atoms with E-state index < -0.39 is 0 Å². The normalized spacial score (nSPS) is 12.5. The lowest BCUT2D eigenvalue weighted by Gasteiger charge is -2.28. The Morgan fingerprint density at radius 2 is 1.92 bits per heavy atom. The number of alkyl halides is 1. The van der Waals surface area contributed by atoms with Crippen LogP contribution in [0.3, 0.4) is 0 Å². The number of nitrogens with zero attached hydrogens (tertiary/aromatic N) is 1. The van der Waals surface area contributed by atoms with Crippen LogP contribution < -0.4 is 0 Å². The Kier molecular flexibility index (Phi) is 6.20. The summed E-state index contributed by atoms with van der Waals surface area (Å²) in [7, 11) is 2.21. The summed E-state index contributed by atoms with van der Waals surface area (Å²) in [5.74, 6) is 0. The van der Waals surface area contributed by atoms with Gasteiger partial charge in [0.2, 0.25) is 0 Å². The zero-order valence-electron chi connectivity index (χ0n) is 8.86. The summed E-state index contributed by atoms with van der Waals surface area (Å²) in [5, 5.41) is 1.08. The van der Waals surface area contributed by atoms with Gasteiger partial charge < -0.3 is 4.90 Å². The summed E-state index contributed by atoms with van der Waals surface area (Å²) in [6, 6.07) is 0. The topological polar surface area (TPSA) is 3.24 Å². The lowest BCUT2D eigenvalue weighted by Crippen LogP contribution is -2.33. The minimum Gasteiger partial charge on any atom is -0.306 e. The first-order valence-corrected chi connectivity index (χ1v) is 5.88. The van der Waals surface area contributed by atoms with E-state index in [9.17, 15) is 0 Å². The monoisotopic (exact) mass is 235 g/mol. The van der Waals surface area contributed by atoms with Crippen LogP contribution >= 0.6 is 15.9 Å². The third-order valence-electron chi connectivity index (χ3n) is 1.95. The predicted octanol–water partition coefficient (Wildman–Crippen LogP) is 3.14. The van der Waals surface area contributed by atoms with Crippen LogP contribution in [0.4, 0.5) is 0 Å². The Labute approximate surface area is 85.7 Å². The molecular weight excluding hydrogens is 214 g/mol. The number of hydrogen-bond donors (Lipinski definition) is 0. The molecule has 0 unspecified atom stereocenters. The first kappa shape index (κ1) is 12.4. The fourth-order valence-electron chi connectivity index (χ4n) is 1.28. The van der Waals surface area contributed by atoms with Crippen molar-refractivity contribution in [2.75, 3.05) is 25.5 Å². The first-order chi connectivity index (χ1) is 5.52. The van der Waals surface area contributed by atoms with Gasteiger partial charge in [-0.2, -0.15) is 0 Å². The predicted molar refractivity (Wildman–Crippen MR) is 60.0 cm³/mol. The van der Waals surface area contributed by atoms with Gasteiger partial charge in [-0.25, -0.2) is 0 Å². The van der Waals surface area contributed by atoms with Crippen LogP contribution in [-0.2, 0) is 0 Å². The quantitative estimate of drug-likeness (QED) is 0.640. The highest BCUT2D eigenvalue weighted by molar-refractivity contribution is 9.09. The van der Waals surface area contributed by atoms with E-state index in [0.717, 1.165) is 5.33 Å². The van der Waals surface area contributed by atoms with Crippen LogP contribution in [0, 0.1) is 5.41 Å². The van der Waals surface area contributed by atoms with E-state index in [-0.39, 0.29) is 0 Å². The molecule has 0 aromatic heterocycles. The molecule has 0 aliphatic rings. The minimum atomic E-state index is 0.405. The molecule has 12 heavy (non-hydrogen) atoms. The molecule has 0 N–H and O–H groups in total. The van der Waals surface area contributed by atoms with Gasteiger partial charge in [-0.1, -0.05) is 43.1 Å². The third kappa shape index (κ3) is 6.01. The molecule has 0 saturated carbocycles. The molecule has 0 fully saturated rings. The number of hydrogen-bond acceptors (Lipinski definition) is 1. The van der Waals surface area contributed by atoms with Crippen molar-refractivity contribution >= 4 is 15.9 Å². The van der Waals surface area contributed by atoms with Crippen molar-refractivity contribution in [1.82, 2.24) is 4.90 Å². The fraction of sp³-hybridized carbons (Fsp3) is 1.00. The molecule has 0 aliphatic carbocycles. The largest absolute Gasteiger partial charge is 0.306 e. The maximum atomic E-state index is 3.54. The van der Waals surface area contributed by atoms with Crippen LogP contribution in [0.15, 0.2) is 0 Å². The van der Waals surface area contributed by atoms with Crippen LogP contribution in [0.25, 0.3) is 0 Å². The Morgan fingerprint density at radius 3 is 2.33 bits per heavy atom. The average molecular weight is 236 g/mol. The van der Waals surface area contributed by atoms with Crippen LogP contribution in [0.5, 0.6) is 0 Å². The Hall–Kier alpha value is 0.440. The number of halogens is 1. The maximum Gasteiger partial charge on any atom is 0.00949 e. The fourth-order valence-corrected chi connectivity index (χ4v) is 1.46. The molecule has 74 valence electrons. The smallest absolute Gasteiger partial charge is 0.00949 e. The number of unbranched alkanes of at least 4 members (excludes halogenated alkanes) is 1. The summed E-state index contributed by atoms with van der Waals surface area (Å²) in [4.78, 5) is 2.42. The highest BCUT2D eigenvalue weighted by Crippen LogP contribution is 2.19. The van der Waals surface area contributed by atoms with Crippen molar-refractivity contribution < 1.29 is 0 Å². The summed E-state index contributed by atoms with van der Waals surface area (Å²) in [5.41, 5.74) is 0.405. The van der Waals surface area contributed by atoms with Gasteiger partial charge >= 0.3 is 0 Å². The SMILES string of the molecule is CCCCN(C)CC(C)(C)CBr. The van der Waals surface area contributed by atoms with Crippen LogP contribution in [0.2, 0.25) is 0 Å². The van der Waals surface area contributed by atoms with Crippen molar-refractivity contribution in [2.45, 2.75) is 33.6 Å². The zero-order valence-corrected chi connectivity index (χ0v) is 10.4. The average Bonchev–Trinajstić information content (AvgIpc) is 2.00. The van der Waals surface area contributed by atoms with Crippen molar-refractivity contribution in [3.63, 3.8) is 0 Å².